The highest BCUT2D eigenvalue weighted by molar-refractivity contribution is 9.10. The van der Waals surface area contributed by atoms with Crippen LogP contribution < -0.4 is 10.6 Å². The fourth-order valence-electron chi connectivity index (χ4n) is 7.33. The second kappa shape index (κ2) is 7.59. The molecule has 1 saturated heterocycles. The van der Waals surface area contributed by atoms with Crippen molar-refractivity contribution in [2.75, 3.05) is 18.4 Å². The second-order valence-electron chi connectivity index (χ2n) is 9.88. The highest BCUT2D eigenvalue weighted by atomic mass is 79.9. The predicted octanol–water partition coefficient (Wildman–Crippen LogP) is 4.07. The van der Waals surface area contributed by atoms with Gasteiger partial charge in [-0.2, -0.15) is 0 Å². The van der Waals surface area contributed by atoms with E-state index in [1.807, 2.05) is 6.07 Å². The molecule has 0 unspecified atom stereocenters. The first-order valence-corrected chi connectivity index (χ1v) is 12.1. The van der Waals surface area contributed by atoms with E-state index < -0.39 is 17.3 Å². The second-order valence-corrected chi connectivity index (χ2v) is 10.7. The van der Waals surface area contributed by atoms with Gasteiger partial charge in [-0.05, 0) is 116 Å². The van der Waals surface area contributed by atoms with Crippen LogP contribution in [0.2, 0.25) is 0 Å². The first-order chi connectivity index (χ1) is 14.5. The molecule has 0 aromatic carbocycles. The molecule has 3 N–H and O–H groups in total. The lowest BCUT2D eigenvalue weighted by atomic mass is 9.61. The van der Waals surface area contributed by atoms with Gasteiger partial charge in [-0.15, -0.1) is 0 Å². The van der Waals surface area contributed by atoms with Crippen molar-refractivity contribution in [2.45, 2.75) is 51.4 Å². The highest BCUT2D eigenvalue weighted by Crippen LogP contribution is 2.79. The van der Waals surface area contributed by atoms with Crippen molar-refractivity contribution in [3.63, 3.8) is 0 Å². The number of nitrogens with one attached hydrogen (secondary N) is 2. The quantitative estimate of drug-likeness (QED) is 0.539. The molecular formula is C23H30BrN3O3. The number of anilines is 1. The molecule has 162 valence electrons. The maximum absolute atomic E-state index is 13.9. The number of amides is 1. The summed E-state index contributed by atoms with van der Waals surface area (Å²) in [6, 6.07) is 3.63. The third-order valence-electron chi connectivity index (χ3n) is 8.70. The summed E-state index contributed by atoms with van der Waals surface area (Å²) in [7, 11) is 0. The van der Waals surface area contributed by atoms with Gasteiger partial charge in [-0.3, -0.25) is 9.59 Å². The molecule has 3 saturated carbocycles. The lowest BCUT2D eigenvalue weighted by Gasteiger charge is -2.42. The number of carbonyl (C=O) groups is 2. The minimum absolute atomic E-state index is 0.0913. The smallest absolute Gasteiger partial charge is 0.307 e. The summed E-state index contributed by atoms with van der Waals surface area (Å²) in [4.78, 5) is 30.7. The van der Waals surface area contributed by atoms with Gasteiger partial charge in [0.2, 0.25) is 5.91 Å². The Hall–Kier alpha value is -1.47. The molecule has 3 aliphatic carbocycles. The molecule has 2 bridgehead atoms. The number of hydrogen-bond donors (Lipinski definition) is 3. The van der Waals surface area contributed by atoms with Crippen molar-refractivity contribution in [3.8, 4) is 0 Å². The zero-order chi connectivity index (χ0) is 20.9. The van der Waals surface area contributed by atoms with E-state index in [0.29, 0.717) is 22.6 Å². The Morgan fingerprint density at radius 1 is 1.20 bits per heavy atom. The number of hydrogen-bond acceptors (Lipinski definition) is 4. The van der Waals surface area contributed by atoms with E-state index >= 15 is 0 Å². The number of halogens is 1. The number of carboxylic acid groups (broad SMARTS) is 1. The van der Waals surface area contributed by atoms with Crippen LogP contribution in [0, 0.1) is 34.5 Å². The van der Waals surface area contributed by atoms with Gasteiger partial charge in [0.1, 0.15) is 4.60 Å². The van der Waals surface area contributed by atoms with Crippen LogP contribution in [0.25, 0.3) is 0 Å². The lowest BCUT2D eigenvalue weighted by molar-refractivity contribution is -0.155. The molecule has 1 aromatic heterocycles. The third kappa shape index (κ3) is 3.11. The molecule has 7 heteroatoms. The van der Waals surface area contributed by atoms with Gasteiger partial charge in [-0.1, -0.05) is 0 Å². The number of nitrogens with zero attached hydrogens (tertiary/aromatic N) is 1. The molecule has 1 aliphatic heterocycles. The number of aromatic nitrogens is 1. The van der Waals surface area contributed by atoms with Crippen LogP contribution in [0.4, 0.5) is 5.69 Å². The number of rotatable bonds is 6. The van der Waals surface area contributed by atoms with E-state index in [1.54, 1.807) is 12.3 Å². The molecule has 5 rings (SSSR count). The van der Waals surface area contributed by atoms with E-state index in [4.69, 9.17) is 0 Å². The zero-order valence-electron chi connectivity index (χ0n) is 17.2. The maximum Gasteiger partial charge on any atom is 0.307 e. The van der Waals surface area contributed by atoms with Crippen molar-refractivity contribution in [1.29, 1.82) is 0 Å². The standard InChI is InChI=1S/C23H30BrN3O3/c24-18-4-1-15(13-26-18)27-21(30)23(8-5-14-6-11-25-12-7-14)17-3-2-16(19(23)20(28)29)22(17)9-10-22/h1,4,13-14,16-17,19,25H,2-3,5-12H2,(H,27,30)(H,28,29)/t16-,17+,19+,23-/m1/s1. The third-order valence-corrected chi connectivity index (χ3v) is 9.17. The SMILES string of the molecule is O=C(O)[C@@H]1[C@H]2CC[C@@H](C23CC3)[C@@]1(CCC1CCNCC1)C(=O)Nc1ccc(Br)nc1. The van der Waals surface area contributed by atoms with E-state index in [1.165, 1.54) is 0 Å². The Morgan fingerprint density at radius 2 is 1.97 bits per heavy atom. The highest BCUT2D eigenvalue weighted by Gasteiger charge is 2.77. The summed E-state index contributed by atoms with van der Waals surface area (Å²) < 4.78 is 0.710. The number of piperidine rings is 1. The molecule has 4 atom stereocenters. The van der Waals surface area contributed by atoms with Gasteiger partial charge in [0.15, 0.2) is 0 Å². The molecule has 4 fully saturated rings. The van der Waals surface area contributed by atoms with Crippen LogP contribution in [-0.4, -0.2) is 35.1 Å². The Bertz CT molecular complexity index is 835. The van der Waals surface area contributed by atoms with Crippen molar-refractivity contribution in [2.24, 2.45) is 34.5 Å². The maximum atomic E-state index is 13.9. The van der Waals surface area contributed by atoms with Gasteiger partial charge >= 0.3 is 5.97 Å². The lowest BCUT2D eigenvalue weighted by Crippen LogP contribution is -2.50. The molecular weight excluding hydrogens is 446 g/mol. The number of carboxylic acids is 1. The Balaban J connectivity index is 1.47. The minimum Gasteiger partial charge on any atom is -0.481 e. The van der Waals surface area contributed by atoms with Crippen LogP contribution in [0.3, 0.4) is 0 Å². The average Bonchev–Trinajstić information content (AvgIpc) is 3.41. The van der Waals surface area contributed by atoms with Crippen molar-refractivity contribution in [3.05, 3.63) is 22.9 Å². The fourth-order valence-corrected chi connectivity index (χ4v) is 7.57. The van der Waals surface area contributed by atoms with Crippen LogP contribution >= 0.6 is 15.9 Å². The van der Waals surface area contributed by atoms with Crippen LogP contribution in [0.1, 0.15) is 51.4 Å². The summed E-state index contributed by atoms with van der Waals surface area (Å²) in [5.41, 5.74) is -0.0587. The summed E-state index contributed by atoms with van der Waals surface area (Å²) in [5, 5.41) is 16.8. The molecule has 0 radical (unpaired) electrons. The Labute approximate surface area is 185 Å². The van der Waals surface area contributed by atoms with Crippen molar-refractivity contribution < 1.29 is 14.7 Å². The molecule has 30 heavy (non-hydrogen) atoms. The van der Waals surface area contributed by atoms with Crippen LogP contribution in [0.5, 0.6) is 0 Å². The van der Waals surface area contributed by atoms with Crippen LogP contribution in [-0.2, 0) is 9.59 Å². The van der Waals surface area contributed by atoms with E-state index in [9.17, 15) is 14.7 Å². The minimum atomic E-state index is -0.802. The van der Waals surface area contributed by atoms with E-state index in [0.717, 1.165) is 58.0 Å². The summed E-state index contributed by atoms with van der Waals surface area (Å²) in [6.07, 6.45) is 9.64. The molecule has 1 amide bonds. The topological polar surface area (TPSA) is 91.3 Å². The summed E-state index contributed by atoms with van der Waals surface area (Å²) in [5.74, 6) is -0.504. The number of aliphatic carboxylic acids is 1. The molecule has 1 aromatic rings. The summed E-state index contributed by atoms with van der Waals surface area (Å²) >= 11 is 3.33. The van der Waals surface area contributed by atoms with Gasteiger partial charge in [-0.25, -0.2) is 4.98 Å². The molecule has 6 nitrogen and oxygen atoms in total. The normalized spacial score (nSPS) is 34.2. The molecule has 2 heterocycles. The first kappa shape index (κ1) is 20.4. The van der Waals surface area contributed by atoms with E-state index in [-0.39, 0.29) is 23.2 Å². The zero-order valence-corrected chi connectivity index (χ0v) is 18.8. The van der Waals surface area contributed by atoms with Gasteiger partial charge in [0.05, 0.1) is 23.2 Å². The monoisotopic (exact) mass is 475 g/mol. The molecule has 4 aliphatic rings. The van der Waals surface area contributed by atoms with Crippen LogP contribution in [0.15, 0.2) is 22.9 Å². The van der Waals surface area contributed by atoms with Gasteiger partial charge in [0.25, 0.3) is 0 Å². The largest absolute Gasteiger partial charge is 0.481 e. The van der Waals surface area contributed by atoms with E-state index in [2.05, 4.69) is 31.5 Å². The average molecular weight is 476 g/mol. The number of carbonyl (C=O) groups excluding carboxylic acids is 1. The Kier molecular flexibility index (Phi) is 5.17. The Morgan fingerprint density at radius 3 is 2.60 bits per heavy atom. The van der Waals surface area contributed by atoms with Crippen molar-refractivity contribution in [1.82, 2.24) is 10.3 Å². The van der Waals surface area contributed by atoms with Gasteiger partial charge in [0, 0.05) is 0 Å². The number of pyridine rings is 1. The molecule has 1 spiro atoms. The predicted molar refractivity (Wildman–Crippen MR) is 117 cm³/mol. The van der Waals surface area contributed by atoms with Gasteiger partial charge < -0.3 is 15.7 Å². The summed E-state index contributed by atoms with van der Waals surface area (Å²) in [6.45, 7) is 2.04. The first-order valence-electron chi connectivity index (χ1n) is 11.3. The fraction of sp³-hybridized carbons (Fsp3) is 0.696. The van der Waals surface area contributed by atoms with Crippen molar-refractivity contribution >= 4 is 33.5 Å².